The maximum absolute atomic E-state index is 5.57. The molecule has 16 heavy (non-hydrogen) atoms. The Morgan fingerprint density at radius 1 is 1.44 bits per heavy atom. The highest BCUT2D eigenvalue weighted by atomic mass is 79.9. The van der Waals surface area contributed by atoms with Crippen LogP contribution in [0.3, 0.4) is 0 Å². The summed E-state index contributed by atoms with van der Waals surface area (Å²) in [5.74, 6) is 0. The predicted octanol–water partition coefficient (Wildman–Crippen LogP) is 2.58. The van der Waals surface area contributed by atoms with Crippen molar-refractivity contribution in [2.75, 3.05) is 6.54 Å². The van der Waals surface area contributed by atoms with Crippen LogP contribution in [-0.4, -0.2) is 16.3 Å². The van der Waals surface area contributed by atoms with Gasteiger partial charge < -0.3 is 5.73 Å². The van der Waals surface area contributed by atoms with Gasteiger partial charge in [0, 0.05) is 12.1 Å². The lowest BCUT2D eigenvalue weighted by Gasteiger charge is -2.07. The Kier molecular flexibility index (Phi) is 3.41. The van der Waals surface area contributed by atoms with Crippen LogP contribution in [0.15, 0.2) is 34.9 Å². The van der Waals surface area contributed by atoms with Gasteiger partial charge in [0.15, 0.2) is 0 Å². The summed E-state index contributed by atoms with van der Waals surface area (Å²) in [6, 6.07) is 8.37. The minimum Gasteiger partial charge on any atom is -0.329 e. The molecule has 0 atom stereocenters. The van der Waals surface area contributed by atoms with Crippen molar-refractivity contribution in [2.24, 2.45) is 5.73 Å². The van der Waals surface area contributed by atoms with Crippen LogP contribution < -0.4 is 5.73 Å². The van der Waals surface area contributed by atoms with Crippen LogP contribution in [0, 0.1) is 6.92 Å². The fraction of sp³-hybridized carbons (Fsp3) is 0.250. The van der Waals surface area contributed by atoms with Crippen molar-refractivity contribution in [3.05, 3.63) is 40.5 Å². The first-order chi connectivity index (χ1) is 7.72. The molecule has 0 amide bonds. The SMILES string of the molecule is Cc1cccc(-c2c(Br)cnn2CCN)c1. The number of benzene rings is 1. The smallest absolute Gasteiger partial charge is 0.0825 e. The molecule has 0 aliphatic carbocycles. The first-order valence-corrected chi connectivity index (χ1v) is 6.00. The second kappa shape index (κ2) is 4.80. The summed E-state index contributed by atoms with van der Waals surface area (Å²) < 4.78 is 2.94. The number of nitrogens with zero attached hydrogens (tertiary/aromatic N) is 2. The molecule has 0 bridgehead atoms. The minimum absolute atomic E-state index is 0.590. The average Bonchev–Trinajstić information content (AvgIpc) is 2.60. The zero-order chi connectivity index (χ0) is 11.5. The van der Waals surface area contributed by atoms with Gasteiger partial charge in [0.2, 0.25) is 0 Å². The lowest BCUT2D eigenvalue weighted by atomic mass is 10.1. The van der Waals surface area contributed by atoms with Crippen molar-refractivity contribution in [3.63, 3.8) is 0 Å². The van der Waals surface area contributed by atoms with Gasteiger partial charge in [-0.15, -0.1) is 0 Å². The topological polar surface area (TPSA) is 43.8 Å². The van der Waals surface area contributed by atoms with Crippen molar-refractivity contribution < 1.29 is 0 Å². The molecule has 0 fully saturated rings. The molecule has 0 aliphatic rings. The highest BCUT2D eigenvalue weighted by Crippen LogP contribution is 2.28. The van der Waals surface area contributed by atoms with Gasteiger partial charge in [-0.05, 0) is 28.9 Å². The average molecular weight is 280 g/mol. The quantitative estimate of drug-likeness (QED) is 0.939. The van der Waals surface area contributed by atoms with Crippen LogP contribution in [0.4, 0.5) is 0 Å². The maximum atomic E-state index is 5.57. The van der Waals surface area contributed by atoms with E-state index in [-0.39, 0.29) is 0 Å². The van der Waals surface area contributed by atoms with Gasteiger partial charge in [-0.3, -0.25) is 4.68 Å². The monoisotopic (exact) mass is 279 g/mol. The summed E-state index contributed by atoms with van der Waals surface area (Å²) in [4.78, 5) is 0. The molecule has 3 nitrogen and oxygen atoms in total. The van der Waals surface area contributed by atoms with Crippen LogP contribution in [0.5, 0.6) is 0 Å². The normalized spacial score (nSPS) is 10.7. The van der Waals surface area contributed by atoms with Gasteiger partial charge in [-0.2, -0.15) is 5.10 Å². The number of aromatic nitrogens is 2. The number of rotatable bonds is 3. The standard InChI is InChI=1S/C12H14BrN3/c1-9-3-2-4-10(7-9)12-11(13)8-15-16(12)6-5-14/h2-4,7-8H,5-6,14H2,1H3. The molecule has 0 aliphatic heterocycles. The molecule has 0 radical (unpaired) electrons. The summed E-state index contributed by atoms with van der Waals surface area (Å²) in [6.45, 7) is 3.41. The molecule has 2 rings (SSSR count). The van der Waals surface area contributed by atoms with E-state index < -0.39 is 0 Å². The minimum atomic E-state index is 0.590. The first-order valence-electron chi connectivity index (χ1n) is 5.21. The molecular weight excluding hydrogens is 266 g/mol. The summed E-state index contributed by atoms with van der Waals surface area (Å²) in [5, 5.41) is 4.30. The third kappa shape index (κ3) is 2.18. The Bertz CT molecular complexity index is 491. The van der Waals surface area contributed by atoms with Crippen molar-refractivity contribution in [3.8, 4) is 11.3 Å². The second-order valence-corrected chi connectivity index (χ2v) is 4.58. The lowest BCUT2D eigenvalue weighted by molar-refractivity contribution is 0.631. The van der Waals surface area contributed by atoms with E-state index in [1.807, 2.05) is 10.9 Å². The first kappa shape index (κ1) is 11.4. The number of hydrogen-bond donors (Lipinski definition) is 1. The van der Waals surface area contributed by atoms with Crippen LogP contribution in [0.2, 0.25) is 0 Å². The van der Waals surface area contributed by atoms with E-state index >= 15 is 0 Å². The molecule has 0 unspecified atom stereocenters. The maximum Gasteiger partial charge on any atom is 0.0825 e. The molecule has 2 N–H and O–H groups in total. The third-order valence-corrected chi connectivity index (χ3v) is 3.01. The van der Waals surface area contributed by atoms with E-state index in [2.05, 4.69) is 52.2 Å². The fourth-order valence-corrected chi connectivity index (χ4v) is 2.26. The molecule has 1 heterocycles. The Balaban J connectivity index is 2.50. The summed E-state index contributed by atoms with van der Waals surface area (Å²) in [7, 11) is 0. The van der Waals surface area contributed by atoms with Gasteiger partial charge in [0.25, 0.3) is 0 Å². The summed E-state index contributed by atoms with van der Waals surface area (Å²) >= 11 is 3.52. The van der Waals surface area contributed by atoms with Gasteiger partial charge in [-0.25, -0.2) is 0 Å². The highest BCUT2D eigenvalue weighted by Gasteiger charge is 2.10. The van der Waals surface area contributed by atoms with Crippen LogP contribution >= 0.6 is 15.9 Å². The van der Waals surface area contributed by atoms with Gasteiger partial charge in [0.05, 0.1) is 22.9 Å². The van der Waals surface area contributed by atoms with Gasteiger partial charge >= 0.3 is 0 Å². The highest BCUT2D eigenvalue weighted by molar-refractivity contribution is 9.10. The summed E-state index contributed by atoms with van der Waals surface area (Å²) in [5.41, 5.74) is 9.07. The van der Waals surface area contributed by atoms with E-state index in [1.165, 1.54) is 5.56 Å². The number of halogens is 1. The van der Waals surface area contributed by atoms with Crippen molar-refractivity contribution in [1.82, 2.24) is 9.78 Å². The number of nitrogens with two attached hydrogens (primary N) is 1. The lowest BCUT2D eigenvalue weighted by Crippen LogP contribution is -2.12. The van der Waals surface area contributed by atoms with Gasteiger partial charge in [0.1, 0.15) is 0 Å². The Morgan fingerprint density at radius 3 is 2.94 bits per heavy atom. The zero-order valence-corrected chi connectivity index (χ0v) is 10.7. The predicted molar refractivity (Wildman–Crippen MR) is 69.2 cm³/mol. The van der Waals surface area contributed by atoms with E-state index in [0.29, 0.717) is 6.54 Å². The number of aryl methyl sites for hydroxylation is 1. The zero-order valence-electron chi connectivity index (χ0n) is 9.15. The molecule has 2 aromatic rings. The van der Waals surface area contributed by atoms with Crippen LogP contribution in [0.1, 0.15) is 5.56 Å². The van der Waals surface area contributed by atoms with E-state index in [4.69, 9.17) is 5.73 Å². The molecule has 4 heteroatoms. The summed E-state index contributed by atoms with van der Waals surface area (Å²) in [6.07, 6.45) is 1.81. The molecular formula is C12H14BrN3. The van der Waals surface area contributed by atoms with E-state index in [0.717, 1.165) is 22.3 Å². The van der Waals surface area contributed by atoms with Crippen molar-refractivity contribution in [1.29, 1.82) is 0 Å². The van der Waals surface area contributed by atoms with Gasteiger partial charge in [-0.1, -0.05) is 23.8 Å². The Morgan fingerprint density at radius 2 is 2.25 bits per heavy atom. The Hall–Kier alpha value is -1.13. The van der Waals surface area contributed by atoms with Crippen LogP contribution in [0.25, 0.3) is 11.3 Å². The van der Waals surface area contributed by atoms with E-state index in [9.17, 15) is 0 Å². The number of hydrogen-bond acceptors (Lipinski definition) is 2. The Labute approximate surface area is 103 Å². The molecule has 0 saturated heterocycles. The molecule has 84 valence electrons. The second-order valence-electron chi connectivity index (χ2n) is 3.72. The molecule has 1 aromatic carbocycles. The largest absolute Gasteiger partial charge is 0.329 e. The molecule has 0 spiro atoms. The van der Waals surface area contributed by atoms with Crippen LogP contribution in [-0.2, 0) is 6.54 Å². The van der Waals surface area contributed by atoms with Crippen molar-refractivity contribution in [2.45, 2.75) is 13.5 Å². The molecule has 1 aromatic heterocycles. The molecule has 0 saturated carbocycles. The fourth-order valence-electron chi connectivity index (χ4n) is 1.73. The van der Waals surface area contributed by atoms with Crippen molar-refractivity contribution >= 4 is 15.9 Å². The third-order valence-electron chi connectivity index (χ3n) is 2.43. The van der Waals surface area contributed by atoms with E-state index in [1.54, 1.807) is 0 Å².